The smallest absolute Gasteiger partial charge is 0.297 e. The van der Waals surface area contributed by atoms with Gasteiger partial charge in [0, 0.05) is 11.3 Å². The van der Waals surface area contributed by atoms with Gasteiger partial charge in [0.1, 0.15) is 0 Å². The topological polar surface area (TPSA) is 80.0 Å². The van der Waals surface area contributed by atoms with Crippen molar-refractivity contribution in [3.63, 3.8) is 0 Å². The number of carbonyl (C=O) groups excluding carboxylic acids is 1. The number of rotatable bonds is 3. The molecule has 0 bridgehead atoms. The van der Waals surface area contributed by atoms with Gasteiger partial charge in [-0.25, -0.2) is 0 Å². The molecule has 1 atom stereocenters. The minimum Gasteiger partial charge on any atom is -0.337 e. The first-order valence-electron chi connectivity index (χ1n) is 6.71. The van der Waals surface area contributed by atoms with Crippen LogP contribution in [0.1, 0.15) is 41.0 Å². The summed E-state index contributed by atoms with van der Waals surface area (Å²) in [6.07, 6.45) is 7.33. The molecule has 3 rings (SSSR count). The molecule has 1 unspecified atom stereocenters. The summed E-state index contributed by atoms with van der Waals surface area (Å²) in [5, 5.41) is 9.66. The van der Waals surface area contributed by atoms with Crippen LogP contribution in [0, 0.1) is 12.3 Å². The summed E-state index contributed by atoms with van der Waals surface area (Å²) in [5.41, 5.74) is 1.29. The van der Waals surface area contributed by atoms with E-state index in [1.165, 1.54) is 0 Å². The lowest BCUT2D eigenvalue weighted by Gasteiger charge is -2.03. The van der Waals surface area contributed by atoms with E-state index in [1.807, 2.05) is 0 Å². The number of terminal acetylenes is 1. The largest absolute Gasteiger partial charge is 0.337 e. The zero-order valence-corrected chi connectivity index (χ0v) is 11.3. The van der Waals surface area contributed by atoms with E-state index in [9.17, 15) is 4.79 Å². The van der Waals surface area contributed by atoms with Crippen LogP contribution in [0.5, 0.6) is 0 Å². The standard InChI is InChI=1S/C15H14N4O2/c1-2-10-5-3-6-11(9-10)17-14(20)13-18-15(21-19-13)12-7-4-8-16-12/h1,3,5-6,9,12,16H,4,7-8H2,(H,17,20). The van der Waals surface area contributed by atoms with Gasteiger partial charge in [-0.05, 0) is 37.6 Å². The maximum Gasteiger partial charge on any atom is 0.297 e. The molecule has 1 amide bonds. The van der Waals surface area contributed by atoms with E-state index in [2.05, 4.69) is 26.7 Å². The van der Waals surface area contributed by atoms with Crippen LogP contribution in [-0.4, -0.2) is 22.6 Å². The van der Waals surface area contributed by atoms with Gasteiger partial charge < -0.3 is 15.2 Å². The minimum absolute atomic E-state index is 0.0183. The molecule has 2 heterocycles. The van der Waals surface area contributed by atoms with Crippen molar-refractivity contribution in [2.24, 2.45) is 0 Å². The monoisotopic (exact) mass is 282 g/mol. The molecule has 1 aromatic heterocycles. The van der Waals surface area contributed by atoms with E-state index in [0.29, 0.717) is 17.1 Å². The second-order valence-corrected chi connectivity index (χ2v) is 4.78. The summed E-state index contributed by atoms with van der Waals surface area (Å²) in [7, 11) is 0. The summed E-state index contributed by atoms with van der Waals surface area (Å²) >= 11 is 0. The zero-order chi connectivity index (χ0) is 14.7. The fraction of sp³-hybridized carbons (Fsp3) is 0.267. The van der Waals surface area contributed by atoms with E-state index in [0.717, 1.165) is 19.4 Å². The molecule has 2 N–H and O–H groups in total. The highest BCUT2D eigenvalue weighted by molar-refractivity contribution is 6.01. The van der Waals surface area contributed by atoms with Crippen molar-refractivity contribution in [2.75, 3.05) is 11.9 Å². The number of amides is 1. The molecule has 1 fully saturated rings. The average molecular weight is 282 g/mol. The van der Waals surface area contributed by atoms with E-state index in [4.69, 9.17) is 10.9 Å². The van der Waals surface area contributed by atoms with Crippen LogP contribution in [0.15, 0.2) is 28.8 Å². The van der Waals surface area contributed by atoms with E-state index >= 15 is 0 Å². The maximum absolute atomic E-state index is 12.1. The first-order valence-corrected chi connectivity index (χ1v) is 6.71. The summed E-state index contributed by atoms with van der Waals surface area (Å²) in [6, 6.07) is 7.06. The molecule has 21 heavy (non-hydrogen) atoms. The van der Waals surface area contributed by atoms with Crippen LogP contribution in [-0.2, 0) is 0 Å². The van der Waals surface area contributed by atoms with Crippen molar-refractivity contribution in [2.45, 2.75) is 18.9 Å². The van der Waals surface area contributed by atoms with Gasteiger partial charge >= 0.3 is 0 Å². The SMILES string of the molecule is C#Cc1cccc(NC(=O)c2noc(C3CCCN3)n2)c1. The molecule has 106 valence electrons. The van der Waals surface area contributed by atoms with Gasteiger partial charge in [-0.3, -0.25) is 4.79 Å². The summed E-state index contributed by atoms with van der Waals surface area (Å²) in [4.78, 5) is 16.2. The van der Waals surface area contributed by atoms with Crippen molar-refractivity contribution in [3.05, 3.63) is 41.5 Å². The van der Waals surface area contributed by atoms with Crippen LogP contribution in [0.4, 0.5) is 5.69 Å². The summed E-state index contributed by atoms with van der Waals surface area (Å²) in [5.74, 6) is 2.57. The molecule has 1 aliphatic rings. The number of carbonyl (C=O) groups is 1. The fourth-order valence-corrected chi connectivity index (χ4v) is 2.24. The number of benzene rings is 1. The van der Waals surface area contributed by atoms with Gasteiger partial charge in [0.2, 0.25) is 5.89 Å². The van der Waals surface area contributed by atoms with Gasteiger partial charge in [-0.2, -0.15) is 4.98 Å². The number of hydrogen-bond donors (Lipinski definition) is 2. The van der Waals surface area contributed by atoms with Crippen LogP contribution in [0.3, 0.4) is 0 Å². The number of hydrogen-bond acceptors (Lipinski definition) is 5. The highest BCUT2D eigenvalue weighted by Crippen LogP contribution is 2.21. The summed E-state index contributed by atoms with van der Waals surface area (Å²) in [6.45, 7) is 0.924. The van der Waals surface area contributed by atoms with Crippen molar-refractivity contribution in [1.29, 1.82) is 0 Å². The third-order valence-electron chi connectivity index (χ3n) is 3.29. The van der Waals surface area contributed by atoms with Crippen molar-refractivity contribution in [1.82, 2.24) is 15.5 Å². The van der Waals surface area contributed by atoms with Crippen molar-refractivity contribution >= 4 is 11.6 Å². The van der Waals surface area contributed by atoms with Gasteiger partial charge in [-0.1, -0.05) is 17.1 Å². The molecule has 1 aromatic carbocycles. The second-order valence-electron chi connectivity index (χ2n) is 4.78. The lowest BCUT2D eigenvalue weighted by molar-refractivity contribution is 0.101. The number of anilines is 1. The van der Waals surface area contributed by atoms with E-state index < -0.39 is 5.91 Å². The lowest BCUT2D eigenvalue weighted by atomic mass is 10.2. The Hall–Kier alpha value is -2.65. The molecule has 0 spiro atoms. The van der Waals surface area contributed by atoms with Crippen LogP contribution in [0.2, 0.25) is 0 Å². The Bertz CT molecular complexity index is 696. The Morgan fingerprint density at radius 3 is 3.19 bits per heavy atom. The zero-order valence-electron chi connectivity index (χ0n) is 11.3. The maximum atomic E-state index is 12.1. The number of nitrogens with zero attached hydrogens (tertiary/aromatic N) is 2. The van der Waals surface area contributed by atoms with Gasteiger partial charge in [0.15, 0.2) is 0 Å². The highest BCUT2D eigenvalue weighted by atomic mass is 16.5. The minimum atomic E-state index is -0.419. The van der Waals surface area contributed by atoms with Gasteiger partial charge in [-0.15, -0.1) is 6.42 Å². The Kier molecular flexibility index (Phi) is 3.67. The summed E-state index contributed by atoms with van der Waals surface area (Å²) < 4.78 is 5.14. The molecule has 0 radical (unpaired) electrons. The second kappa shape index (κ2) is 5.77. The molecular weight excluding hydrogens is 268 g/mol. The average Bonchev–Trinajstić information content (AvgIpc) is 3.18. The molecule has 0 saturated carbocycles. The Morgan fingerprint density at radius 2 is 2.43 bits per heavy atom. The Balaban J connectivity index is 1.71. The van der Waals surface area contributed by atoms with Gasteiger partial charge in [0.25, 0.3) is 11.7 Å². The quantitative estimate of drug-likeness (QED) is 0.838. The van der Waals surface area contributed by atoms with Crippen molar-refractivity contribution < 1.29 is 9.32 Å². The normalized spacial score (nSPS) is 17.4. The lowest BCUT2D eigenvalue weighted by Crippen LogP contribution is -2.15. The molecule has 1 aliphatic heterocycles. The first-order chi connectivity index (χ1) is 10.3. The predicted molar refractivity (Wildman–Crippen MR) is 76.6 cm³/mol. The molecule has 0 aliphatic carbocycles. The van der Waals surface area contributed by atoms with Gasteiger partial charge in [0.05, 0.1) is 6.04 Å². The Morgan fingerprint density at radius 1 is 1.52 bits per heavy atom. The van der Waals surface area contributed by atoms with E-state index in [-0.39, 0.29) is 11.9 Å². The molecule has 1 saturated heterocycles. The number of aromatic nitrogens is 2. The predicted octanol–water partition coefficient (Wildman–Crippen LogP) is 1.73. The highest BCUT2D eigenvalue weighted by Gasteiger charge is 2.24. The van der Waals surface area contributed by atoms with Crippen LogP contribution >= 0.6 is 0 Å². The third kappa shape index (κ3) is 2.93. The fourth-order valence-electron chi connectivity index (χ4n) is 2.24. The number of nitrogens with one attached hydrogen (secondary N) is 2. The molecule has 6 heteroatoms. The third-order valence-corrected chi connectivity index (χ3v) is 3.29. The molecular formula is C15H14N4O2. The molecule has 2 aromatic rings. The van der Waals surface area contributed by atoms with Crippen molar-refractivity contribution in [3.8, 4) is 12.3 Å². The van der Waals surface area contributed by atoms with Crippen LogP contribution < -0.4 is 10.6 Å². The van der Waals surface area contributed by atoms with E-state index in [1.54, 1.807) is 24.3 Å². The first kappa shape index (κ1) is 13.3. The van der Waals surface area contributed by atoms with Crippen LogP contribution in [0.25, 0.3) is 0 Å². The molecule has 6 nitrogen and oxygen atoms in total. The Labute approximate surface area is 121 Å².